The molecule has 7 nitrogen and oxygen atoms in total. The molecule has 0 radical (unpaired) electrons. The van der Waals surface area contributed by atoms with Gasteiger partial charge in [0.2, 0.25) is 5.91 Å². The van der Waals surface area contributed by atoms with Gasteiger partial charge in [-0.3, -0.25) is 19.0 Å². The molecule has 2 aromatic heterocycles. The first kappa shape index (κ1) is 16.0. The van der Waals surface area contributed by atoms with E-state index in [1.165, 1.54) is 0 Å². The number of piperazine rings is 1. The van der Waals surface area contributed by atoms with Gasteiger partial charge < -0.3 is 9.64 Å². The second-order valence-electron chi connectivity index (χ2n) is 6.37. The number of aromatic nitrogens is 2. The van der Waals surface area contributed by atoms with Crippen molar-refractivity contribution < 1.29 is 9.53 Å². The van der Waals surface area contributed by atoms with Gasteiger partial charge in [0.25, 0.3) is 0 Å². The minimum atomic E-state index is 0.237. The molecule has 0 atom stereocenters. The zero-order valence-electron chi connectivity index (χ0n) is 13.8. The van der Waals surface area contributed by atoms with Crippen LogP contribution in [-0.2, 0) is 16.1 Å². The zero-order chi connectivity index (χ0) is 16.4. The third-order valence-electron chi connectivity index (χ3n) is 4.72. The van der Waals surface area contributed by atoms with Crippen molar-refractivity contribution in [3.8, 4) is 0 Å². The fourth-order valence-corrected chi connectivity index (χ4v) is 4.01. The van der Waals surface area contributed by atoms with Gasteiger partial charge in [-0.15, -0.1) is 11.3 Å². The third kappa shape index (κ3) is 3.61. The fourth-order valence-electron chi connectivity index (χ4n) is 3.29. The smallest absolute Gasteiger partial charge is 0.236 e. The Morgan fingerprint density at radius 1 is 1.12 bits per heavy atom. The van der Waals surface area contributed by atoms with Crippen LogP contribution in [0.2, 0.25) is 0 Å². The van der Waals surface area contributed by atoms with E-state index < -0.39 is 0 Å². The van der Waals surface area contributed by atoms with E-state index in [0.29, 0.717) is 19.8 Å². The van der Waals surface area contributed by atoms with Gasteiger partial charge >= 0.3 is 0 Å². The second-order valence-corrected chi connectivity index (χ2v) is 7.24. The Hall–Kier alpha value is -1.48. The van der Waals surface area contributed by atoms with Crippen LogP contribution in [0.25, 0.3) is 4.96 Å². The highest BCUT2D eigenvalue weighted by molar-refractivity contribution is 7.15. The molecule has 0 aliphatic carbocycles. The summed E-state index contributed by atoms with van der Waals surface area (Å²) in [6.07, 6.45) is 4.16. The van der Waals surface area contributed by atoms with Gasteiger partial charge in [-0.1, -0.05) is 0 Å². The highest BCUT2D eigenvalue weighted by Crippen LogP contribution is 2.14. The van der Waals surface area contributed by atoms with Gasteiger partial charge in [0.15, 0.2) is 4.96 Å². The molecule has 1 amide bonds. The number of imidazole rings is 1. The van der Waals surface area contributed by atoms with Crippen LogP contribution in [-0.4, -0.2) is 89.0 Å². The molecule has 4 rings (SSSR count). The van der Waals surface area contributed by atoms with Crippen LogP contribution in [0.3, 0.4) is 0 Å². The average Bonchev–Trinajstić information content (AvgIpc) is 3.19. The van der Waals surface area contributed by atoms with Gasteiger partial charge in [-0.05, 0) is 0 Å². The molecule has 0 aromatic carbocycles. The van der Waals surface area contributed by atoms with E-state index in [1.807, 2.05) is 11.1 Å². The number of rotatable bonds is 4. The first-order valence-corrected chi connectivity index (χ1v) is 9.37. The second kappa shape index (κ2) is 7.18. The molecule has 24 heavy (non-hydrogen) atoms. The monoisotopic (exact) mass is 349 g/mol. The molecule has 0 N–H and O–H groups in total. The van der Waals surface area contributed by atoms with Crippen molar-refractivity contribution in [2.24, 2.45) is 0 Å². The van der Waals surface area contributed by atoms with Crippen molar-refractivity contribution in [2.45, 2.75) is 6.54 Å². The molecule has 0 spiro atoms. The van der Waals surface area contributed by atoms with Crippen LogP contribution >= 0.6 is 11.3 Å². The molecule has 0 unspecified atom stereocenters. The molecule has 4 heterocycles. The Labute approximate surface area is 145 Å². The Balaban J connectivity index is 1.24. The molecule has 2 aliphatic rings. The molecule has 2 saturated heterocycles. The predicted octanol–water partition coefficient (Wildman–Crippen LogP) is 0.372. The van der Waals surface area contributed by atoms with E-state index in [2.05, 4.69) is 30.8 Å². The molecule has 2 fully saturated rings. The first-order chi connectivity index (χ1) is 11.8. The summed E-state index contributed by atoms with van der Waals surface area (Å²) in [5.74, 6) is 0.237. The summed E-state index contributed by atoms with van der Waals surface area (Å²) in [7, 11) is 0. The number of hydrogen-bond acceptors (Lipinski definition) is 6. The molecule has 2 aliphatic heterocycles. The topological polar surface area (TPSA) is 53.3 Å². The maximum Gasteiger partial charge on any atom is 0.236 e. The molecule has 0 saturated carbocycles. The van der Waals surface area contributed by atoms with E-state index >= 15 is 0 Å². The summed E-state index contributed by atoms with van der Waals surface area (Å²) in [5, 5.41) is 2.05. The number of thiazole rings is 1. The molecule has 130 valence electrons. The van der Waals surface area contributed by atoms with Crippen molar-refractivity contribution in [1.82, 2.24) is 24.1 Å². The lowest BCUT2D eigenvalue weighted by atomic mass is 10.3. The van der Waals surface area contributed by atoms with Crippen LogP contribution in [0.4, 0.5) is 0 Å². The van der Waals surface area contributed by atoms with Gasteiger partial charge in [-0.2, -0.15) is 0 Å². The number of amides is 1. The standard InChI is InChI=1S/C16H23N5O2S/c22-15(20-5-8-23-9-6-20)13-19-3-1-18(2-4-19)11-14-12-21-7-10-24-16(21)17-14/h7,10,12H,1-6,8-9,11,13H2. The van der Waals surface area contributed by atoms with E-state index in [1.54, 1.807) is 11.3 Å². The predicted molar refractivity (Wildman–Crippen MR) is 92.2 cm³/mol. The first-order valence-electron chi connectivity index (χ1n) is 8.49. The number of morpholine rings is 1. The summed E-state index contributed by atoms with van der Waals surface area (Å²) in [6, 6.07) is 0. The maximum atomic E-state index is 12.3. The third-order valence-corrected chi connectivity index (χ3v) is 5.49. The van der Waals surface area contributed by atoms with E-state index in [0.717, 1.165) is 56.5 Å². The summed E-state index contributed by atoms with van der Waals surface area (Å²) >= 11 is 1.66. The number of ether oxygens (including phenoxy) is 1. The molecular weight excluding hydrogens is 326 g/mol. The van der Waals surface area contributed by atoms with Gasteiger partial charge in [0, 0.05) is 63.6 Å². The zero-order valence-corrected chi connectivity index (χ0v) is 14.6. The van der Waals surface area contributed by atoms with Gasteiger partial charge in [0.1, 0.15) is 0 Å². The Morgan fingerprint density at radius 2 is 1.88 bits per heavy atom. The summed E-state index contributed by atoms with van der Waals surface area (Å²) in [5.41, 5.74) is 1.12. The van der Waals surface area contributed by atoms with Crippen molar-refractivity contribution >= 4 is 22.2 Å². The Morgan fingerprint density at radius 3 is 2.62 bits per heavy atom. The summed E-state index contributed by atoms with van der Waals surface area (Å²) in [4.78, 5) is 24.6. The van der Waals surface area contributed by atoms with Crippen LogP contribution < -0.4 is 0 Å². The van der Waals surface area contributed by atoms with Crippen molar-refractivity contribution in [2.75, 3.05) is 59.0 Å². The van der Waals surface area contributed by atoms with Crippen LogP contribution in [0, 0.1) is 0 Å². The van der Waals surface area contributed by atoms with Gasteiger partial charge in [-0.25, -0.2) is 4.98 Å². The summed E-state index contributed by atoms with van der Waals surface area (Å²) in [6.45, 7) is 8.09. The maximum absolute atomic E-state index is 12.3. The van der Waals surface area contributed by atoms with Crippen LogP contribution in [0.1, 0.15) is 5.69 Å². The largest absolute Gasteiger partial charge is 0.378 e. The normalized spacial score (nSPS) is 20.8. The number of carbonyl (C=O) groups is 1. The Kier molecular flexibility index (Phi) is 4.79. The van der Waals surface area contributed by atoms with Crippen molar-refractivity contribution in [3.05, 3.63) is 23.5 Å². The van der Waals surface area contributed by atoms with Crippen LogP contribution in [0.15, 0.2) is 17.8 Å². The average molecular weight is 349 g/mol. The van der Waals surface area contributed by atoms with Crippen molar-refractivity contribution in [1.29, 1.82) is 0 Å². The minimum Gasteiger partial charge on any atom is -0.378 e. The number of hydrogen-bond donors (Lipinski definition) is 0. The number of nitrogens with zero attached hydrogens (tertiary/aromatic N) is 5. The fraction of sp³-hybridized carbons (Fsp3) is 0.625. The highest BCUT2D eigenvalue weighted by Gasteiger charge is 2.23. The van der Waals surface area contributed by atoms with E-state index in [-0.39, 0.29) is 5.91 Å². The van der Waals surface area contributed by atoms with Crippen LogP contribution in [0.5, 0.6) is 0 Å². The minimum absolute atomic E-state index is 0.237. The quantitative estimate of drug-likeness (QED) is 0.798. The van der Waals surface area contributed by atoms with E-state index in [9.17, 15) is 4.79 Å². The lowest BCUT2D eigenvalue weighted by Crippen LogP contribution is -2.51. The Bertz CT molecular complexity index is 657. The molecule has 0 bridgehead atoms. The number of carbonyl (C=O) groups excluding carboxylic acids is 1. The SMILES string of the molecule is O=C(CN1CCN(Cc2cn3ccsc3n2)CC1)N1CCOCC1. The van der Waals surface area contributed by atoms with E-state index in [4.69, 9.17) is 4.74 Å². The van der Waals surface area contributed by atoms with Gasteiger partial charge in [0.05, 0.1) is 25.5 Å². The highest BCUT2D eigenvalue weighted by atomic mass is 32.1. The van der Waals surface area contributed by atoms with Crippen molar-refractivity contribution in [3.63, 3.8) is 0 Å². The lowest BCUT2D eigenvalue weighted by molar-refractivity contribution is -0.136. The lowest BCUT2D eigenvalue weighted by Gasteiger charge is -2.35. The molecular formula is C16H23N5O2S. The molecule has 2 aromatic rings. The molecule has 8 heteroatoms. The summed E-state index contributed by atoms with van der Waals surface area (Å²) < 4.78 is 7.39. The number of fused-ring (bicyclic) bond motifs is 1.